The maximum Gasteiger partial charge on any atom is 0.234 e. The normalized spacial score (nSPS) is 11.7. The number of hydrogen-bond acceptors (Lipinski definition) is 5. The number of carbonyl (C=O) groups is 1. The number of anilines is 1. The van der Waals surface area contributed by atoms with Crippen molar-refractivity contribution in [2.24, 2.45) is 0 Å². The second kappa shape index (κ2) is 11.5. The third-order valence-electron chi connectivity index (χ3n) is 5.01. The van der Waals surface area contributed by atoms with Crippen molar-refractivity contribution >= 4 is 23.4 Å². The Hall–Kier alpha value is -3.13. The second-order valence-corrected chi connectivity index (χ2v) is 8.23. The zero-order chi connectivity index (χ0) is 22.9. The Kier molecular flexibility index (Phi) is 8.44. The van der Waals surface area contributed by atoms with Crippen molar-refractivity contribution in [3.05, 3.63) is 78.4 Å². The first-order valence-corrected chi connectivity index (χ1v) is 11.4. The van der Waals surface area contributed by atoms with Crippen LogP contribution in [0, 0.1) is 5.82 Å². The van der Waals surface area contributed by atoms with Gasteiger partial charge in [-0.25, -0.2) is 4.39 Å². The van der Waals surface area contributed by atoms with Crippen LogP contribution in [0.15, 0.2) is 66.3 Å². The number of hydrogen-bond donors (Lipinski definition) is 1. The lowest BCUT2D eigenvalue weighted by Gasteiger charge is -2.11. The van der Waals surface area contributed by atoms with E-state index in [0.717, 1.165) is 12.1 Å². The van der Waals surface area contributed by atoms with Crippen LogP contribution in [0.4, 0.5) is 10.1 Å². The highest BCUT2D eigenvalue weighted by Crippen LogP contribution is 2.22. The molecule has 0 fully saturated rings. The molecule has 0 saturated carbocycles. The molecule has 32 heavy (non-hydrogen) atoms. The molecule has 1 unspecified atom stereocenters. The molecule has 168 valence electrons. The maximum atomic E-state index is 13.8. The molecule has 8 heteroatoms. The molecular weight excluding hydrogens is 427 g/mol. The molecule has 0 radical (unpaired) electrons. The average molecular weight is 455 g/mol. The fourth-order valence-corrected chi connectivity index (χ4v) is 3.77. The molecule has 0 spiro atoms. The molecule has 3 aromatic rings. The monoisotopic (exact) mass is 454 g/mol. The highest BCUT2D eigenvalue weighted by molar-refractivity contribution is 7.99. The van der Waals surface area contributed by atoms with Crippen LogP contribution in [0.25, 0.3) is 0 Å². The Bertz CT molecular complexity index is 1050. The summed E-state index contributed by atoms with van der Waals surface area (Å²) in [5.41, 5.74) is 2.01. The molecule has 2 aromatic carbocycles. The van der Waals surface area contributed by atoms with Crippen molar-refractivity contribution in [1.82, 2.24) is 14.8 Å². The van der Waals surface area contributed by atoms with Gasteiger partial charge < -0.3 is 10.1 Å². The Morgan fingerprint density at radius 2 is 2.00 bits per heavy atom. The minimum absolute atomic E-state index is 0.0526. The van der Waals surface area contributed by atoms with Gasteiger partial charge in [0.05, 0.1) is 5.75 Å². The molecule has 1 atom stereocenters. The number of thioether (sulfide) groups is 1. The first-order valence-electron chi connectivity index (χ1n) is 10.4. The van der Waals surface area contributed by atoms with Crippen molar-refractivity contribution < 1.29 is 13.9 Å². The largest absolute Gasteiger partial charge is 0.483 e. The SMILES string of the molecule is C=CCn1c(COc2ccccc2F)nnc1SCC(=O)Nc1ccc(C(C)CC)cc1. The molecule has 1 heterocycles. The molecule has 0 saturated heterocycles. The highest BCUT2D eigenvalue weighted by atomic mass is 32.2. The first-order chi connectivity index (χ1) is 15.5. The zero-order valence-electron chi connectivity index (χ0n) is 18.3. The van der Waals surface area contributed by atoms with Gasteiger partial charge in [-0.05, 0) is 42.2 Å². The smallest absolute Gasteiger partial charge is 0.234 e. The summed E-state index contributed by atoms with van der Waals surface area (Å²) in [6.45, 7) is 8.59. The molecule has 1 aromatic heterocycles. The van der Waals surface area contributed by atoms with Crippen LogP contribution in [0.2, 0.25) is 0 Å². The van der Waals surface area contributed by atoms with E-state index >= 15 is 0 Å². The van der Waals surface area contributed by atoms with Crippen LogP contribution in [0.3, 0.4) is 0 Å². The summed E-state index contributed by atoms with van der Waals surface area (Å²) in [5, 5.41) is 11.8. The number of aromatic nitrogens is 3. The highest BCUT2D eigenvalue weighted by Gasteiger charge is 2.15. The lowest BCUT2D eigenvalue weighted by molar-refractivity contribution is -0.113. The standard InChI is InChI=1S/C24H27FN4O2S/c1-4-14-29-22(15-31-21-9-7-6-8-20(21)25)27-28-24(29)32-16-23(30)26-19-12-10-18(11-13-19)17(3)5-2/h4,6-13,17H,1,5,14-16H2,2-3H3,(H,26,30). The van der Waals surface area contributed by atoms with Crippen molar-refractivity contribution in [2.75, 3.05) is 11.1 Å². The Balaban J connectivity index is 1.58. The number of nitrogens with one attached hydrogen (secondary N) is 1. The Morgan fingerprint density at radius 3 is 2.69 bits per heavy atom. The molecule has 0 aliphatic rings. The number of halogens is 1. The maximum absolute atomic E-state index is 13.8. The van der Waals surface area contributed by atoms with Crippen molar-refractivity contribution in [2.45, 2.75) is 44.5 Å². The topological polar surface area (TPSA) is 69.0 Å². The second-order valence-electron chi connectivity index (χ2n) is 7.29. The van der Waals surface area contributed by atoms with E-state index in [1.807, 2.05) is 24.3 Å². The molecule has 1 amide bonds. The van der Waals surface area contributed by atoms with Crippen LogP contribution < -0.4 is 10.1 Å². The quantitative estimate of drug-likeness (QED) is 0.309. The number of rotatable bonds is 11. The summed E-state index contributed by atoms with van der Waals surface area (Å²) in [7, 11) is 0. The first kappa shape index (κ1) is 23.5. The van der Waals surface area contributed by atoms with E-state index in [2.05, 4.69) is 35.9 Å². The van der Waals surface area contributed by atoms with Gasteiger partial charge in [0.25, 0.3) is 0 Å². The van der Waals surface area contributed by atoms with E-state index in [1.54, 1.807) is 28.8 Å². The van der Waals surface area contributed by atoms with E-state index in [0.29, 0.717) is 23.4 Å². The van der Waals surface area contributed by atoms with E-state index < -0.39 is 5.82 Å². The van der Waals surface area contributed by atoms with Gasteiger partial charge in [-0.2, -0.15) is 0 Å². The number of carbonyl (C=O) groups excluding carboxylic acids is 1. The summed E-state index contributed by atoms with van der Waals surface area (Å²) in [6.07, 6.45) is 2.78. The lowest BCUT2D eigenvalue weighted by atomic mass is 9.99. The third-order valence-corrected chi connectivity index (χ3v) is 5.97. The Labute approximate surface area is 191 Å². The predicted molar refractivity (Wildman–Crippen MR) is 125 cm³/mol. The van der Waals surface area contributed by atoms with Gasteiger partial charge in [0.15, 0.2) is 22.5 Å². The minimum Gasteiger partial charge on any atom is -0.483 e. The summed E-state index contributed by atoms with van der Waals surface area (Å²) in [5.74, 6) is 0.763. The van der Waals surface area contributed by atoms with Crippen molar-refractivity contribution in [1.29, 1.82) is 0 Å². The van der Waals surface area contributed by atoms with Gasteiger partial charge in [0.1, 0.15) is 6.61 Å². The predicted octanol–water partition coefficient (Wildman–Crippen LogP) is 5.43. The van der Waals surface area contributed by atoms with Gasteiger partial charge in [-0.3, -0.25) is 9.36 Å². The molecule has 0 aliphatic carbocycles. The third kappa shape index (κ3) is 6.20. The van der Waals surface area contributed by atoms with Crippen LogP contribution in [0.1, 0.15) is 37.6 Å². The fraction of sp³-hybridized carbons (Fsp3) is 0.292. The minimum atomic E-state index is -0.439. The molecule has 6 nitrogen and oxygen atoms in total. The zero-order valence-corrected chi connectivity index (χ0v) is 19.1. The lowest BCUT2D eigenvalue weighted by Crippen LogP contribution is -2.15. The van der Waals surface area contributed by atoms with Crippen LogP contribution in [0.5, 0.6) is 5.75 Å². The molecule has 3 rings (SSSR count). The number of nitrogens with zero attached hydrogens (tertiary/aromatic N) is 3. The van der Waals surface area contributed by atoms with E-state index in [1.165, 1.54) is 23.4 Å². The van der Waals surface area contributed by atoms with Crippen molar-refractivity contribution in [3.8, 4) is 5.75 Å². The number of benzene rings is 2. The van der Waals surface area contributed by atoms with Gasteiger partial charge in [0.2, 0.25) is 5.91 Å². The van der Waals surface area contributed by atoms with Gasteiger partial charge >= 0.3 is 0 Å². The van der Waals surface area contributed by atoms with E-state index in [-0.39, 0.29) is 24.0 Å². The number of amides is 1. The number of allylic oxidation sites excluding steroid dienone is 1. The van der Waals surface area contributed by atoms with Crippen LogP contribution in [-0.2, 0) is 17.9 Å². The molecular formula is C24H27FN4O2S. The molecule has 1 N–H and O–H groups in total. The molecule has 0 aliphatic heterocycles. The van der Waals surface area contributed by atoms with Crippen molar-refractivity contribution in [3.63, 3.8) is 0 Å². The van der Waals surface area contributed by atoms with E-state index in [4.69, 9.17) is 4.74 Å². The number of ether oxygens (including phenoxy) is 1. The van der Waals surface area contributed by atoms with E-state index in [9.17, 15) is 9.18 Å². The van der Waals surface area contributed by atoms with Gasteiger partial charge in [-0.1, -0.05) is 56.0 Å². The average Bonchev–Trinajstić information content (AvgIpc) is 3.19. The molecule has 0 bridgehead atoms. The Morgan fingerprint density at radius 1 is 1.25 bits per heavy atom. The fourth-order valence-electron chi connectivity index (χ4n) is 3.01. The van der Waals surface area contributed by atoms with Crippen LogP contribution >= 0.6 is 11.8 Å². The summed E-state index contributed by atoms with van der Waals surface area (Å²) in [4.78, 5) is 12.4. The summed E-state index contributed by atoms with van der Waals surface area (Å²) in [6, 6.07) is 14.1. The van der Waals surface area contributed by atoms with Gasteiger partial charge in [-0.15, -0.1) is 16.8 Å². The summed E-state index contributed by atoms with van der Waals surface area (Å²) < 4.78 is 21.1. The summed E-state index contributed by atoms with van der Waals surface area (Å²) >= 11 is 1.27. The van der Waals surface area contributed by atoms with Gasteiger partial charge in [0, 0.05) is 12.2 Å². The van der Waals surface area contributed by atoms with Crippen LogP contribution in [-0.4, -0.2) is 26.4 Å². The number of para-hydroxylation sites is 1.